The van der Waals surface area contributed by atoms with Crippen molar-refractivity contribution in [3.05, 3.63) is 12.2 Å². The summed E-state index contributed by atoms with van der Waals surface area (Å²) in [6.45, 7) is 6.38. The van der Waals surface area contributed by atoms with Gasteiger partial charge >= 0.3 is 12.1 Å². The highest BCUT2D eigenvalue weighted by Gasteiger charge is 2.15. The Bertz CT molecular complexity index is 405. The molecule has 0 saturated carbocycles. The summed E-state index contributed by atoms with van der Waals surface area (Å²) >= 11 is 1.58. The zero-order chi connectivity index (χ0) is 17.0. The monoisotopic (exact) mass is 332 g/mol. The number of hydrogen-bond donors (Lipinski definition) is 2. The topological polar surface area (TPSA) is 93.7 Å². The fraction of sp³-hybridized carbons (Fsp3) is 0.643. The predicted octanol–water partition coefficient (Wildman–Crippen LogP) is 1.09. The summed E-state index contributed by atoms with van der Waals surface area (Å²) in [4.78, 5) is 33.4. The molecule has 0 unspecified atom stereocenters. The molecule has 2 amide bonds. The first kappa shape index (κ1) is 20.3. The van der Waals surface area contributed by atoms with Gasteiger partial charge in [0.15, 0.2) is 0 Å². The fourth-order valence-electron chi connectivity index (χ4n) is 1.16. The van der Waals surface area contributed by atoms with Crippen LogP contribution in [0, 0.1) is 0 Å². The van der Waals surface area contributed by atoms with Gasteiger partial charge in [-0.3, -0.25) is 4.79 Å². The van der Waals surface area contributed by atoms with Crippen molar-refractivity contribution < 1.29 is 23.9 Å². The maximum Gasteiger partial charge on any atom is 0.407 e. The van der Waals surface area contributed by atoms with Crippen molar-refractivity contribution >= 4 is 29.7 Å². The third-order valence-corrected chi connectivity index (χ3v) is 3.02. The predicted molar refractivity (Wildman–Crippen MR) is 85.7 cm³/mol. The highest BCUT2D eigenvalue weighted by atomic mass is 32.2. The Kier molecular flexibility index (Phi) is 10.1. The van der Waals surface area contributed by atoms with Gasteiger partial charge in [0, 0.05) is 36.7 Å². The summed E-state index contributed by atoms with van der Waals surface area (Å²) in [5.41, 5.74) is -0.501. The summed E-state index contributed by atoms with van der Waals surface area (Å²) in [5.74, 6) is 0.497. The normalized spacial score (nSPS) is 11.1. The molecule has 0 atom stereocenters. The minimum atomic E-state index is -0.572. The van der Waals surface area contributed by atoms with Crippen LogP contribution in [0.5, 0.6) is 0 Å². The van der Waals surface area contributed by atoms with Gasteiger partial charge in [0.1, 0.15) is 5.60 Å². The second kappa shape index (κ2) is 10.9. The molecule has 0 aliphatic carbocycles. The number of methoxy groups -OCH3 is 1. The standard InChI is InChI=1S/C14H24N2O5S/c1-14(2,3)21-13(19)16-8-10-22-9-7-15-11(17)5-6-12(18)20-4/h5-6H,7-10H2,1-4H3,(H,15,17)(H,16,19)/b6-5+. The molecule has 8 heteroatoms. The van der Waals surface area contributed by atoms with Crippen molar-refractivity contribution in [2.45, 2.75) is 26.4 Å². The highest BCUT2D eigenvalue weighted by Crippen LogP contribution is 2.06. The average molecular weight is 332 g/mol. The second-order valence-corrected chi connectivity index (χ2v) is 6.41. The molecule has 0 saturated heterocycles. The van der Waals surface area contributed by atoms with E-state index in [1.165, 1.54) is 7.11 Å². The van der Waals surface area contributed by atoms with E-state index in [9.17, 15) is 14.4 Å². The Labute approximate surface area is 135 Å². The van der Waals surface area contributed by atoms with Gasteiger partial charge in [-0.15, -0.1) is 0 Å². The Hall–Kier alpha value is -1.70. The molecule has 0 rings (SSSR count). The van der Waals surface area contributed by atoms with Crippen molar-refractivity contribution in [1.82, 2.24) is 10.6 Å². The van der Waals surface area contributed by atoms with Crippen molar-refractivity contribution in [3.8, 4) is 0 Å². The van der Waals surface area contributed by atoms with Gasteiger partial charge in [-0.25, -0.2) is 9.59 Å². The molecule has 0 aliphatic heterocycles. The number of nitrogens with one attached hydrogen (secondary N) is 2. The van der Waals surface area contributed by atoms with Crippen LogP contribution in [-0.4, -0.2) is 55.3 Å². The number of esters is 1. The molecule has 22 heavy (non-hydrogen) atoms. The largest absolute Gasteiger partial charge is 0.466 e. The molecule has 0 aliphatic rings. The number of hydrogen-bond acceptors (Lipinski definition) is 6. The summed E-state index contributed by atoms with van der Waals surface area (Å²) in [5, 5.41) is 5.27. The summed E-state index contributed by atoms with van der Waals surface area (Å²) in [6, 6.07) is 0. The van der Waals surface area contributed by atoms with Gasteiger partial charge in [-0.2, -0.15) is 11.8 Å². The minimum Gasteiger partial charge on any atom is -0.466 e. The SMILES string of the molecule is COC(=O)/C=C/C(=O)NCCSCCNC(=O)OC(C)(C)C. The van der Waals surface area contributed by atoms with E-state index in [1.54, 1.807) is 32.5 Å². The van der Waals surface area contributed by atoms with Crippen LogP contribution in [0.15, 0.2) is 12.2 Å². The lowest BCUT2D eigenvalue weighted by Crippen LogP contribution is -2.33. The van der Waals surface area contributed by atoms with Crippen LogP contribution < -0.4 is 10.6 Å². The lowest BCUT2D eigenvalue weighted by Gasteiger charge is -2.19. The molecule has 0 aromatic heterocycles. The first-order valence-electron chi connectivity index (χ1n) is 6.83. The first-order chi connectivity index (χ1) is 10.2. The number of amides is 2. The Morgan fingerprint density at radius 2 is 1.64 bits per heavy atom. The number of thioether (sulfide) groups is 1. The zero-order valence-electron chi connectivity index (χ0n) is 13.4. The van der Waals surface area contributed by atoms with Crippen molar-refractivity contribution in [3.63, 3.8) is 0 Å². The molecular formula is C14H24N2O5S. The molecule has 0 spiro atoms. The van der Waals surface area contributed by atoms with Crippen molar-refractivity contribution in [1.29, 1.82) is 0 Å². The smallest absolute Gasteiger partial charge is 0.407 e. The minimum absolute atomic E-state index is 0.349. The van der Waals surface area contributed by atoms with E-state index in [1.807, 2.05) is 0 Å². The Morgan fingerprint density at radius 1 is 1.05 bits per heavy atom. The quantitative estimate of drug-likeness (QED) is 0.393. The fourth-order valence-corrected chi connectivity index (χ4v) is 1.86. The van der Waals surface area contributed by atoms with E-state index >= 15 is 0 Å². The molecule has 0 bridgehead atoms. The molecule has 7 nitrogen and oxygen atoms in total. The van der Waals surface area contributed by atoms with Crippen LogP contribution in [0.2, 0.25) is 0 Å². The van der Waals surface area contributed by atoms with E-state index < -0.39 is 17.7 Å². The van der Waals surface area contributed by atoms with E-state index in [2.05, 4.69) is 15.4 Å². The van der Waals surface area contributed by atoms with Crippen LogP contribution in [0.1, 0.15) is 20.8 Å². The number of carbonyl (C=O) groups excluding carboxylic acids is 3. The molecular weight excluding hydrogens is 308 g/mol. The van der Waals surface area contributed by atoms with E-state index in [4.69, 9.17) is 4.74 Å². The van der Waals surface area contributed by atoms with Crippen LogP contribution in [-0.2, 0) is 19.1 Å². The zero-order valence-corrected chi connectivity index (χ0v) is 14.2. The van der Waals surface area contributed by atoms with Gasteiger partial charge in [0.05, 0.1) is 7.11 Å². The lowest BCUT2D eigenvalue weighted by molar-refractivity contribution is -0.135. The summed E-state index contributed by atoms with van der Waals surface area (Å²) in [7, 11) is 1.24. The van der Waals surface area contributed by atoms with Crippen LogP contribution in [0.4, 0.5) is 4.79 Å². The van der Waals surface area contributed by atoms with E-state index in [0.717, 1.165) is 12.2 Å². The summed E-state index contributed by atoms with van der Waals surface area (Å²) in [6.07, 6.45) is 1.75. The third kappa shape index (κ3) is 13.3. The van der Waals surface area contributed by atoms with Gasteiger partial charge in [-0.1, -0.05) is 0 Å². The average Bonchev–Trinajstić information content (AvgIpc) is 2.41. The molecule has 2 N–H and O–H groups in total. The first-order valence-corrected chi connectivity index (χ1v) is 7.98. The van der Waals surface area contributed by atoms with E-state index in [-0.39, 0.29) is 5.91 Å². The van der Waals surface area contributed by atoms with E-state index in [0.29, 0.717) is 24.6 Å². The van der Waals surface area contributed by atoms with Crippen LogP contribution in [0.3, 0.4) is 0 Å². The molecule has 126 valence electrons. The van der Waals surface area contributed by atoms with Gasteiger partial charge in [0.2, 0.25) is 5.91 Å². The van der Waals surface area contributed by atoms with Gasteiger partial charge in [-0.05, 0) is 20.8 Å². The highest BCUT2D eigenvalue weighted by molar-refractivity contribution is 7.99. The second-order valence-electron chi connectivity index (χ2n) is 5.19. The molecule has 0 aromatic rings. The number of alkyl carbamates (subject to hydrolysis) is 1. The number of carbonyl (C=O) groups is 3. The molecule has 0 radical (unpaired) electrons. The maximum atomic E-state index is 11.3. The Balaban J connectivity index is 3.55. The van der Waals surface area contributed by atoms with Gasteiger partial charge in [0.25, 0.3) is 0 Å². The van der Waals surface area contributed by atoms with Gasteiger partial charge < -0.3 is 20.1 Å². The number of ether oxygens (including phenoxy) is 2. The van der Waals surface area contributed by atoms with Crippen molar-refractivity contribution in [2.75, 3.05) is 31.7 Å². The third-order valence-electron chi connectivity index (χ3n) is 2.03. The molecule has 0 aromatic carbocycles. The van der Waals surface area contributed by atoms with Crippen LogP contribution >= 0.6 is 11.8 Å². The maximum absolute atomic E-state index is 11.3. The molecule has 0 heterocycles. The Morgan fingerprint density at radius 3 is 2.18 bits per heavy atom. The molecule has 0 fully saturated rings. The lowest BCUT2D eigenvalue weighted by atomic mass is 10.2. The van der Waals surface area contributed by atoms with Crippen molar-refractivity contribution in [2.24, 2.45) is 0 Å². The number of rotatable bonds is 8. The summed E-state index contributed by atoms with van der Waals surface area (Å²) < 4.78 is 9.46. The van der Waals surface area contributed by atoms with Crippen LogP contribution in [0.25, 0.3) is 0 Å².